The molecule has 6 nitrogen and oxygen atoms in total. The lowest BCUT2D eigenvalue weighted by molar-refractivity contribution is -0.110. The van der Waals surface area contributed by atoms with Gasteiger partial charge in [0.15, 0.2) is 0 Å². The summed E-state index contributed by atoms with van der Waals surface area (Å²) in [5.41, 5.74) is 2.14. The van der Waals surface area contributed by atoms with Crippen LogP contribution in [0.4, 0.5) is 0 Å². The molecule has 0 aromatic heterocycles. The van der Waals surface area contributed by atoms with Gasteiger partial charge in [-0.05, 0) is 66.2 Å². The number of unbranched alkanes of at least 4 members (excludes halogenated alkanes) is 4. The van der Waals surface area contributed by atoms with E-state index in [9.17, 15) is 20.4 Å². The third-order valence-corrected chi connectivity index (χ3v) is 8.23. The first-order valence-corrected chi connectivity index (χ1v) is 13.0. The highest BCUT2D eigenvalue weighted by molar-refractivity contribution is 5.75. The summed E-state index contributed by atoms with van der Waals surface area (Å²) < 4.78 is 5.89. The van der Waals surface area contributed by atoms with Crippen LogP contribution in [0.3, 0.4) is 0 Å². The van der Waals surface area contributed by atoms with Crippen LogP contribution in [0, 0.1) is 16.7 Å². The van der Waals surface area contributed by atoms with Gasteiger partial charge >= 0.3 is 0 Å². The van der Waals surface area contributed by atoms with Gasteiger partial charge in [-0.1, -0.05) is 62.1 Å². The molecule has 3 unspecified atom stereocenters. The van der Waals surface area contributed by atoms with E-state index < -0.39 is 11.8 Å². The van der Waals surface area contributed by atoms with E-state index in [1.165, 1.54) is 34.4 Å². The van der Waals surface area contributed by atoms with E-state index in [0.29, 0.717) is 25.5 Å². The molecular formula is C28H41NO5. The Balaban J connectivity index is 1.19. The summed E-state index contributed by atoms with van der Waals surface area (Å²) in [4.78, 5) is 0. The molecule has 1 spiro atoms. The molecule has 0 amide bonds. The lowest BCUT2D eigenvalue weighted by atomic mass is 9.76. The molecule has 3 atom stereocenters. The second kappa shape index (κ2) is 11.5. The van der Waals surface area contributed by atoms with Crippen molar-refractivity contribution in [3.8, 4) is 0 Å². The Bertz CT molecular complexity index is 961. The van der Waals surface area contributed by atoms with Crippen molar-refractivity contribution in [1.82, 2.24) is 5.32 Å². The largest absolute Gasteiger partial charge is 0.396 e. The molecule has 1 saturated carbocycles. The number of nitrogens with one attached hydrogen (secondary N) is 1. The third kappa shape index (κ3) is 5.32. The first kappa shape index (κ1) is 25.5. The minimum absolute atomic E-state index is 0.131. The van der Waals surface area contributed by atoms with Gasteiger partial charge in [-0.15, -0.1) is 0 Å². The van der Waals surface area contributed by atoms with Crippen molar-refractivity contribution in [3.63, 3.8) is 0 Å². The molecule has 3 aliphatic rings. The normalized spacial score (nSPS) is 23.9. The van der Waals surface area contributed by atoms with Crippen molar-refractivity contribution >= 4 is 11.6 Å². The van der Waals surface area contributed by atoms with Crippen LogP contribution in [-0.4, -0.2) is 59.8 Å². The van der Waals surface area contributed by atoms with E-state index in [1.54, 1.807) is 0 Å². The molecule has 1 aromatic carbocycles. The Kier molecular flexibility index (Phi) is 8.61. The standard InChI is InChI=1S/C28H41NO5/c30-18-27(19-31,20-32)13-6-2-1-3-7-14-29-26(33)34-17-25-24-12-5-4-9-21(24)15-22-10-8-11-23-16-28(22,23)25/h4-5,9-10,12,15,23,26,29-33H,1-3,6-8,11,13-14,16-20H2. The van der Waals surface area contributed by atoms with Crippen molar-refractivity contribution < 1.29 is 25.2 Å². The number of hydrogen-bond donors (Lipinski definition) is 5. The summed E-state index contributed by atoms with van der Waals surface area (Å²) in [7, 11) is 0. The SMILES string of the molecule is OCC(CO)(CO)CCCCCCCNC(O)OCC1=c2ccccc2=CC2=CCCC3CC213. The molecule has 6 heteroatoms. The summed E-state index contributed by atoms with van der Waals surface area (Å²) in [5, 5.41) is 44.1. The van der Waals surface area contributed by atoms with E-state index in [2.05, 4.69) is 41.7 Å². The summed E-state index contributed by atoms with van der Waals surface area (Å²) in [6.45, 7) is 0.557. The predicted octanol–water partition coefficient (Wildman–Crippen LogP) is 1.54. The predicted molar refractivity (Wildman–Crippen MR) is 133 cm³/mol. The fourth-order valence-corrected chi connectivity index (χ4v) is 5.89. The molecular weight excluding hydrogens is 430 g/mol. The maximum absolute atomic E-state index is 10.4. The summed E-state index contributed by atoms with van der Waals surface area (Å²) in [6.07, 6.45) is 12.9. The Labute approximate surface area is 202 Å². The first-order chi connectivity index (χ1) is 16.6. The number of aliphatic hydroxyl groups is 4. The van der Waals surface area contributed by atoms with Crippen LogP contribution >= 0.6 is 0 Å². The van der Waals surface area contributed by atoms with E-state index in [4.69, 9.17) is 4.74 Å². The molecule has 3 aliphatic carbocycles. The first-order valence-electron chi connectivity index (χ1n) is 13.0. The van der Waals surface area contributed by atoms with Crippen molar-refractivity contribution in [2.75, 3.05) is 33.0 Å². The van der Waals surface area contributed by atoms with E-state index >= 15 is 0 Å². The smallest absolute Gasteiger partial charge is 0.213 e. The highest BCUT2D eigenvalue weighted by Crippen LogP contribution is 2.67. The minimum Gasteiger partial charge on any atom is -0.396 e. The minimum atomic E-state index is -0.977. The Morgan fingerprint density at radius 1 is 1.03 bits per heavy atom. The number of allylic oxidation sites excluding steroid dienone is 2. The van der Waals surface area contributed by atoms with E-state index in [0.717, 1.165) is 38.5 Å². The molecule has 4 rings (SSSR count). The molecule has 0 radical (unpaired) electrons. The fraction of sp³-hybridized carbons (Fsp3) is 0.643. The zero-order valence-corrected chi connectivity index (χ0v) is 20.2. The van der Waals surface area contributed by atoms with Gasteiger partial charge in [0.2, 0.25) is 6.41 Å². The van der Waals surface area contributed by atoms with Crippen molar-refractivity contribution in [2.24, 2.45) is 16.7 Å². The van der Waals surface area contributed by atoms with Gasteiger partial charge in [-0.25, -0.2) is 0 Å². The van der Waals surface area contributed by atoms with Crippen LogP contribution in [0.15, 0.2) is 35.9 Å². The highest BCUT2D eigenvalue weighted by Gasteiger charge is 2.59. The lowest BCUT2D eigenvalue weighted by Crippen LogP contribution is -2.39. The molecule has 0 heterocycles. The van der Waals surface area contributed by atoms with Crippen LogP contribution in [-0.2, 0) is 4.74 Å². The van der Waals surface area contributed by atoms with Crippen molar-refractivity contribution in [2.45, 2.75) is 64.2 Å². The van der Waals surface area contributed by atoms with Gasteiger partial charge in [0.25, 0.3) is 0 Å². The number of ether oxygens (including phenoxy) is 1. The van der Waals surface area contributed by atoms with Crippen LogP contribution in [0.5, 0.6) is 0 Å². The van der Waals surface area contributed by atoms with Gasteiger partial charge in [-0.3, -0.25) is 5.32 Å². The average Bonchev–Trinajstić information content (AvgIpc) is 3.61. The van der Waals surface area contributed by atoms with Gasteiger partial charge in [0, 0.05) is 10.8 Å². The number of benzene rings is 1. The average molecular weight is 472 g/mol. The number of rotatable bonds is 15. The zero-order valence-electron chi connectivity index (χ0n) is 20.2. The second-order valence-corrected chi connectivity index (χ2v) is 10.4. The molecule has 188 valence electrons. The monoisotopic (exact) mass is 471 g/mol. The summed E-state index contributed by atoms with van der Waals surface area (Å²) in [5.74, 6) is 0.707. The van der Waals surface area contributed by atoms with Gasteiger partial charge in [0.1, 0.15) is 0 Å². The Morgan fingerprint density at radius 2 is 1.76 bits per heavy atom. The summed E-state index contributed by atoms with van der Waals surface area (Å²) in [6, 6.07) is 8.52. The Morgan fingerprint density at radius 3 is 2.56 bits per heavy atom. The van der Waals surface area contributed by atoms with E-state index in [1.807, 2.05) is 0 Å². The Hall–Kier alpha value is -1.54. The zero-order chi connectivity index (χ0) is 24.0. The second-order valence-electron chi connectivity index (χ2n) is 10.4. The van der Waals surface area contributed by atoms with Crippen molar-refractivity contribution in [1.29, 1.82) is 0 Å². The molecule has 34 heavy (non-hydrogen) atoms. The van der Waals surface area contributed by atoms with E-state index in [-0.39, 0.29) is 25.2 Å². The molecule has 0 bridgehead atoms. The number of hydrogen-bond acceptors (Lipinski definition) is 6. The topological polar surface area (TPSA) is 102 Å². The van der Waals surface area contributed by atoms with Crippen molar-refractivity contribution in [3.05, 3.63) is 46.4 Å². The van der Waals surface area contributed by atoms with Gasteiger partial charge in [-0.2, -0.15) is 0 Å². The fourth-order valence-electron chi connectivity index (χ4n) is 5.89. The summed E-state index contributed by atoms with van der Waals surface area (Å²) >= 11 is 0. The molecule has 0 aliphatic heterocycles. The third-order valence-electron chi connectivity index (χ3n) is 8.23. The number of aliphatic hydroxyl groups excluding tert-OH is 4. The number of fused-ring (bicyclic) bond motifs is 1. The molecule has 1 fully saturated rings. The van der Waals surface area contributed by atoms with Gasteiger partial charge < -0.3 is 25.2 Å². The maximum Gasteiger partial charge on any atom is 0.213 e. The molecule has 1 aromatic rings. The van der Waals surface area contributed by atoms with Crippen LogP contribution in [0.1, 0.15) is 57.8 Å². The van der Waals surface area contributed by atoms with Crippen LogP contribution < -0.4 is 15.8 Å². The van der Waals surface area contributed by atoms with Crippen LogP contribution in [0.2, 0.25) is 0 Å². The highest BCUT2D eigenvalue weighted by atomic mass is 16.6. The maximum atomic E-state index is 10.4. The lowest BCUT2D eigenvalue weighted by Gasteiger charge is -2.30. The quantitative estimate of drug-likeness (QED) is 0.197. The molecule has 0 saturated heterocycles. The van der Waals surface area contributed by atoms with Crippen LogP contribution in [0.25, 0.3) is 11.6 Å². The molecule has 5 N–H and O–H groups in total. The van der Waals surface area contributed by atoms with Gasteiger partial charge in [0.05, 0.1) is 26.4 Å².